The summed E-state index contributed by atoms with van der Waals surface area (Å²) in [4.78, 5) is 39.7. The van der Waals surface area contributed by atoms with E-state index in [4.69, 9.17) is 23.2 Å². The Balaban J connectivity index is 1.56. The van der Waals surface area contributed by atoms with Gasteiger partial charge >= 0.3 is 0 Å². The molecule has 0 saturated heterocycles. The van der Waals surface area contributed by atoms with Crippen LogP contribution in [0, 0.1) is 20.8 Å². The summed E-state index contributed by atoms with van der Waals surface area (Å²) in [5, 5.41) is 6.13. The number of carbonyl (C=O) groups is 3. The van der Waals surface area contributed by atoms with Crippen LogP contribution in [0.1, 0.15) is 27.0 Å². The molecule has 1 heterocycles. The van der Waals surface area contributed by atoms with Crippen molar-refractivity contribution in [2.45, 2.75) is 20.8 Å². The lowest BCUT2D eigenvalue weighted by Crippen LogP contribution is -2.32. The molecule has 0 unspecified atom stereocenters. The highest BCUT2D eigenvalue weighted by molar-refractivity contribution is 6.53. The fourth-order valence-electron chi connectivity index (χ4n) is 3.73. The third kappa shape index (κ3) is 4.55. The average Bonchev–Trinajstić information content (AvgIpc) is 2.99. The van der Waals surface area contributed by atoms with Gasteiger partial charge in [-0.3, -0.25) is 14.4 Å². The number of aryl methyl sites for hydroxylation is 3. The topological polar surface area (TPSA) is 78.5 Å². The van der Waals surface area contributed by atoms with Crippen LogP contribution in [-0.2, 0) is 9.59 Å². The first-order chi connectivity index (χ1) is 16.2. The van der Waals surface area contributed by atoms with E-state index in [0.717, 1.165) is 21.6 Å². The van der Waals surface area contributed by atoms with Crippen LogP contribution in [0.4, 0.5) is 17.1 Å². The van der Waals surface area contributed by atoms with Gasteiger partial charge in [0.2, 0.25) is 0 Å². The van der Waals surface area contributed by atoms with E-state index >= 15 is 0 Å². The monoisotopic (exact) mass is 493 g/mol. The van der Waals surface area contributed by atoms with Crippen LogP contribution >= 0.6 is 23.2 Å². The Kier molecular flexibility index (Phi) is 6.46. The first kappa shape index (κ1) is 23.5. The molecule has 0 atom stereocenters. The summed E-state index contributed by atoms with van der Waals surface area (Å²) in [7, 11) is 0. The van der Waals surface area contributed by atoms with E-state index in [1.807, 2.05) is 32.9 Å². The molecule has 3 aromatic carbocycles. The molecule has 0 spiro atoms. The number of carbonyl (C=O) groups excluding carboxylic acids is 3. The Hall–Kier alpha value is -3.61. The van der Waals surface area contributed by atoms with E-state index in [2.05, 4.69) is 10.6 Å². The van der Waals surface area contributed by atoms with Crippen LogP contribution in [0.3, 0.4) is 0 Å². The van der Waals surface area contributed by atoms with Crippen LogP contribution in [0.2, 0.25) is 5.02 Å². The molecule has 172 valence electrons. The lowest BCUT2D eigenvalue weighted by atomic mass is 10.1. The van der Waals surface area contributed by atoms with Gasteiger partial charge in [-0.2, -0.15) is 0 Å². The Morgan fingerprint density at radius 1 is 0.853 bits per heavy atom. The minimum atomic E-state index is -0.603. The first-order valence-corrected chi connectivity index (χ1v) is 11.2. The third-order valence-electron chi connectivity index (χ3n) is 5.45. The molecular formula is C26H21Cl2N3O3. The third-order valence-corrected chi connectivity index (χ3v) is 6.04. The van der Waals surface area contributed by atoms with Gasteiger partial charge in [0.15, 0.2) is 0 Å². The zero-order chi connectivity index (χ0) is 24.6. The standard InChI is InChI=1S/C26H21Cl2N3O3/c1-14-7-10-21(16(3)11-14)31-25(33)22(28)23(26(31)34)29-19-6-4-5-17(13-19)24(32)30-20-9-8-18(27)12-15(20)2/h4-13,29H,1-3H3,(H,30,32). The van der Waals surface area contributed by atoms with Crippen LogP contribution in [0.5, 0.6) is 0 Å². The molecule has 1 aliphatic rings. The van der Waals surface area contributed by atoms with E-state index in [1.54, 1.807) is 48.5 Å². The minimum Gasteiger partial charge on any atom is -0.350 e. The number of rotatable bonds is 5. The van der Waals surface area contributed by atoms with Gasteiger partial charge in [0.05, 0.1) is 5.69 Å². The van der Waals surface area contributed by atoms with Gasteiger partial charge in [-0.15, -0.1) is 0 Å². The predicted octanol–water partition coefficient (Wildman–Crippen LogP) is 5.95. The molecule has 34 heavy (non-hydrogen) atoms. The lowest BCUT2D eigenvalue weighted by Gasteiger charge is -2.18. The normalized spacial score (nSPS) is 13.5. The summed E-state index contributed by atoms with van der Waals surface area (Å²) in [5.41, 5.74) is 4.49. The first-order valence-electron chi connectivity index (χ1n) is 10.5. The fourth-order valence-corrected chi connectivity index (χ4v) is 4.17. The minimum absolute atomic E-state index is 0.0438. The number of anilines is 3. The SMILES string of the molecule is Cc1ccc(N2C(=O)C(Cl)=C(Nc3cccc(C(=O)Nc4ccc(Cl)cc4C)c3)C2=O)c(C)c1. The van der Waals surface area contributed by atoms with Crippen molar-refractivity contribution in [1.29, 1.82) is 0 Å². The summed E-state index contributed by atoms with van der Waals surface area (Å²) in [5.74, 6) is -1.50. The van der Waals surface area contributed by atoms with E-state index in [9.17, 15) is 14.4 Å². The van der Waals surface area contributed by atoms with Gasteiger partial charge < -0.3 is 10.6 Å². The number of benzene rings is 3. The molecule has 0 saturated carbocycles. The Labute approximate surface area is 207 Å². The largest absolute Gasteiger partial charge is 0.350 e. The molecule has 8 heteroatoms. The van der Waals surface area contributed by atoms with Gasteiger partial charge in [-0.25, -0.2) is 4.90 Å². The van der Waals surface area contributed by atoms with Crippen molar-refractivity contribution in [3.05, 3.63) is 98.7 Å². The number of halogens is 2. The smallest absolute Gasteiger partial charge is 0.283 e. The molecule has 3 amide bonds. The summed E-state index contributed by atoms with van der Waals surface area (Å²) in [6.45, 7) is 5.60. The van der Waals surface area contributed by atoms with Gasteiger partial charge in [0, 0.05) is 22.0 Å². The molecule has 2 N–H and O–H groups in total. The van der Waals surface area contributed by atoms with Crippen molar-refractivity contribution in [2.75, 3.05) is 15.5 Å². The van der Waals surface area contributed by atoms with Crippen LogP contribution < -0.4 is 15.5 Å². The highest BCUT2D eigenvalue weighted by Gasteiger charge is 2.39. The second-order valence-electron chi connectivity index (χ2n) is 8.04. The average molecular weight is 494 g/mol. The summed E-state index contributed by atoms with van der Waals surface area (Å²) < 4.78 is 0. The zero-order valence-corrected chi connectivity index (χ0v) is 20.2. The second-order valence-corrected chi connectivity index (χ2v) is 8.86. The van der Waals surface area contributed by atoms with Crippen LogP contribution in [-0.4, -0.2) is 17.7 Å². The molecule has 4 rings (SSSR count). The summed E-state index contributed by atoms with van der Waals surface area (Å²) in [6.07, 6.45) is 0. The molecule has 3 aromatic rings. The molecular weight excluding hydrogens is 473 g/mol. The molecule has 6 nitrogen and oxygen atoms in total. The number of hydrogen-bond acceptors (Lipinski definition) is 4. The number of imide groups is 1. The maximum atomic E-state index is 13.1. The second kappa shape index (κ2) is 9.33. The van der Waals surface area contributed by atoms with Gasteiger partial charge in [-0.1, -0.05) is 47.0 Å². The molecule has 0 aromatic heterocycles. The Morgan fingerprint density at radius 3 is 2.32 bits per heavy atom. The Morgan fingerprint density at radius 2 is 1.62 bits per heavy atom. The lowest BCUT2D eigenvalue weighted by molar-refractivity contribution is -0.120. The zero-order valence-electron chi connectivity index (χ0n) is 18.7. The van der Waals surface area contributed by atoms with Crippen molar-refractivity contribution in [2.24, 2.45) is 0 Å². The number of hydrogen-bond donors (Lipinski definition) is 2. The molecule has 0 fully saturated rings. The van der Waals surface area contributed by atoms with E-state index in [0.29, 0.717) is 27.6 Å². The maximum Gasteiger partial charge on any atom is 0.283 e. The van der Waals surface area contributed by atoms with Crippen LogP contribution in [0.25, 0.3) is 0 Å². The van der Waals surface area contributed by atoms with Crippen LogP contribution in [0.15, 0.2) is 71.4 Å². The number of nitrogens with one attached hydrogen (secondary N) is 2. The van der Waals surface area contributed by atoms with E-state index < -0.39 is 11.8 Å². The number of nitrogens with zero attached hydrogens (tertiary/aromatic N) is 1. The highest BCUT2D eigenvalue weighted by atomic mass is 35.5. The molecule has 0 aliphatic carbocycles. The quantitative estimate of drug-likeness (QED) is 0.430. The molecule has 1 aliphatic heterocycles. The van der Waals surface area contributed by atoms with Crippen molar-refractivity contribution in [3.8, 4) is 0 Å². The van der Waals surface area contributed by atoms with Crippen molar-refractivity contribution in [3.63, 3.8) is 0 Å². The van der Waals surface area contributed by atoms with Gasteiger partial charge in [-0.05, 0) is 74.4 Å². The predicted molar refractivity (Wildman–Crippen MR) is 135 cm³/mol. The van der Waals surface area contributed by atoms with E-state index in [-0.39, 0.29) is 16.6 Å². The fraction of sp³-hybridized carbons (Fsp3) is 0.115. The van der Waals surface area contributed by atoms with Gasteiger partial charge in [0.1, 0.15) is 10.7 Å². The van der Waals surface area contributed by atoms with Crippen molar-refractivity contribution < 1.29 is 14.4 Å². The molecule has 0 radical (unpaired) electrons. The number of amides is 3. The van der Waals surface area contributed by atoms with Crippen molar-refractivity contribution in [1.82, 2.24) is 0 Å². The van der Waals surface area contributed by atoms with Crippen molar-refractivity contribution >= 4 is 58.0 Å². The summed E-state index contributed by atoms with van der Waals surface area (Å²) in [6, 6.07) is 17.2. The maximum absolute atomic E-state index is 13.1. The Bertz CT molecular complexity index is 1380. The molecule has 0 bridgehead atoms. The highest BCUT2D eigenvalue weighted by Crippen LogP contribution is 2.32. The van der Waals surface area contributed by atoms with Gasteiger partial charge in [0.25, 0.3) is 17.7 Å². The summed E-state index contributed by atoms with van der Waals surface area (Å²) >= 11 is 12.2. The van der Waals surface area contributed by atoms with E-state index in [1.165, 1.54) is 0 Å².